The third kappa shape index (κ3) is 10.3. The molecule has 88 heavy (non-hydrogen) atoms. The number of nitrogens with zero attached hydrogens (tertiary/aromatic N) is 17. The molecular weight excluding hydrogens is 1180 g/mol. The van der Waals surface area contributed by atoms with E-state index in [9.17, 15) is 111 Å². The van der Waals surface area contributed by atoms with Gasteiger partial charge in [0.1, 0.15) is 38.8 Å². The molecule has 0 saturated carbocycles. The SMILES string of the molecule is C=C(/C=C(\C(=C)[N+](=O)[O-])[N+](=O)[O-])c1nc2c(nc1-c1ccc([N+](=O)[O-])c([N+](=O)[O-])c1)c1nc(-c3ccc([N+](=O)[O-])c([N+](=O)[O-])c3)c(-c3ccc(N)c([N+](=O)[O-])c3)nc1c1nc(-c3ccc([N+](=O)[O-])c([N+](=O)[O-])c3)c(-c3ccc([N+](=O)[O-])c([N+](=O)[O-])c3)nc21. The lowest BCUT2D eigenvalue weighted by molar-refractivity contribution is -0.478. The average molecular weight is 1200 g/mol. The lowest BCUT2D eigenvalue weighted by Gasteiger charge is -2.17. The van der Waals surface area contributed by atoms with E-state index < -0.39 is 218 Å². The second-order valence-electron chi connectivity index (χ2n) is 17.8. The van der Waals surface area contributed by atoms with Gasteiger partial charge in [-0.05, 0) is 36.9 Å². The van der Waals surface area contributed by atoms with Crippen LogP contribution in [-0.4, -0.2) is 84.1 Å². The third-order valence-corrected chi connectivity index (χ3v) is 12.8. The van der Waals surface area contributed by atoms with Crippen molar-refractivity contribution < 1.29 is 54.2 Å². The van der Waals surface area contributed by atoms with Crippen molar-refractivity contribution in [2.45, 2.75) is 0 Å². The molecule has 0 spiro atoms. The summed E-state index contributed by atoms with van der Waals surface area (Å²) in [5.41, 5.74) is -17.9. The maximum atomic E-state index is 12.5. The zero-order valence-corrected chi connectivity index (χ0v) is 42.8. The van der Waals surface area contributed by atoms with E-state index in [4.69, 9.17) is 25.7 Å². The lowest BCUT2D eigenvalue weighted by atomic mass is 9.99. The number of hydrogen-bond acceptors (Lipinski definition) is 29. The van der Waals surface area contributed by atoms with Crippen LogP contribution >= 0.6 is 0 Å². The normalized spacial score (nSPS) is 11.2. The van der Waals surface area contributed by atoms with Crippen LogP contribution in [0.1, 0.15) is 5.69 Å². The molecule has 0 aliphatic carbocycles. The summed E-state index contributed by atoms with van der Waals surface area (Å²) in [7, 11) is 0. The molecule has 0 bridgehead atoms. The Hall–Kier alpha value is -14.2. The third-order valence-electron chi connectivity index (χ3n) is 12.8. The van der Waals surface area contributed by atoms with Crippen LogP contribution in [0.2, 0.25) is 0 Å². The molecule has 3 aromatic heterocycles. The smallest absolute Gasteiger partial charge is 0.346 e. The first-order valence-electron chi connectivity index (χ1n) is 23.4. The highest BCUT2D eigenvalue weighted by Crippen LogP contribution is 2.45. The van der Waals surface area contributed by atoms with E-state index in [0.717, 1.165) is 42.5 Å². The zero-order chi connectivity index (χ0) is 64.2. The Labute approximate surface area is 479 Å². The van der Waals surface area contributed by atoms with E-state index in [-0.39, 0.29) is 5.56 Å². The molecule has 9 rings (SSSR count). The number of benzene rings is 6. The molecule has 3 heterocycles. The van der Waals surface area contributed by atoms with Gasteiger partial charge in [0.2, 0.25) is 0 Å². The first-order chi connectivity index (χ1) is 41.5. The van der Waals surface area contributed by atoms with E-state index in [1.54, 1.807) is 0 Å². The Kier molecular flexibility index (Phi) is 14.5. The van der Waals surface area contributed by atoms with Crippen LogP contribution in [0.25, 0.3) is 95.0 Å². The van der Waals surface area contributed by atoms with E-state index in [0.29, 0.717) is 54.6 Å². The van der Waals surface area contributed by atoms with Crippen molar-refractivity contribution in [3.63, 3.8) is 0 Å². The van der Waals surface area contributed by atoms with Gasteiger partial charge in [0.05, 0.1) is 88.3 Å². The molecule has 2 N–H and O–H groups in total. The molecule has 6 aromatic carbocycles. The number of nitro groups is 11. The molecule has 436 valence electrons. The van der Waals surface area contributed by atoms with Crippen LogP contribution in [0.3, 0.4) is 0 Å². The van der Waals surface area contributed by atoms with Crippen LogP contribution < -0.4 is 5.73 Å². The molecule has 0 atom stereocenters. The predicted molar refractivity (Wildman–Crippen MR) is 297 cm³/mol. The zero-order valence-electron chi connectivity index (χ0n) is 42.8. The molecule has 0 aliphatic rings. The quantitative estimate of drug-likeness (QED) is 0.0259. The summed E-state index contributed by atoms with van der Waals surface area (Å²) in [6.07, 6.45) is 0.442. The molecule has 0 radical (unpaired) electrons. The summed E-state index contributed by atoms with van der Waals surface area (Å²) in [6, 6.07) is 11.6. The van der Waals surface area contributed by atoms with Gasteiger partial charge in [0.15, 0.2) is 0 Å². The van der Waals surface area contributed by atoms with Crippen LogP contribution in [0.5, 0.6) is 0 Å². The van der Waals surface area contributed by atoms with Gasteiger partial charge in [0, 0.05) is 94.1 Å². The number of nitro benzene ring substituents is 9. The average Bonchev–Trinajstić information content (AvgIpc) is 0.725. The molecule has 0 aliphatic heterocycles. The van der Waals surface area contributed by atoms with E-state index in [2.05, 4.69) is 23.1 Å². The van der Waals surface area contributed by atoms with E-state index >= 15 is 0 Å². The van der Waals surface area contributed by atoms with Crippen LogP contribution in [-0.2, 0) is 0 Å². The maximum absolute atomic E-state index is 12.5. The molecule has 9 aromatic rings. The Morgan fingerprint density at radius 2 is 0.580 bits per heavy atom. The van der Waals surface area contributed by atoms with Crippen molar-refractivity contribution in [3.05, 3.63) is 239 Å². The number of nitrogens with two attached hydrogens (primary N) is 1. The minimum atomic E-state index is -1.37. The van der Waals surface area contributed by atoms with Gasteiger partial charge in [-0.1, -0.05) is 12.6 Å². The van der Waals surface area contributed by atoms with E-state index in [1.165, 1.54) is 0 Å². The highest BCUT2D eigenvalue weighted by Gasteiger charge is 2.35. The van der Waals surface area contributed by atoms with Gasteiger partial charge in [-0.15, -0.1) is 0 Å². The Balaban J connectivity index is 1.60. The number of nitrogen functional groups attached to an aromatic ring is 1. The number of fused-ring (bicyclic) bond motifs is 6. The summed E-state index contributed by atoms with van der Waals surface area (Å²) in [5, 5.41) is 135. The second-order valence-corrected chi connectivity index (χ2v) is 17.8. The van der Waals surface area contributed by atoms with Gasteiger partial charge in [-0.3, -0.25) is 111 Å². The summed E-state index contributed by atoms with van der Waals surface area (Å²) >= 11 is 0. The van der Waals surface area contributed by atoms with Crippen LogP contribution in [0, 0.1) is 111 Å². The highest BCUT2D eigenvalue weighted by molar-refractivity contribution is 6.20. The summed E-state index contributed by atoms with van der Waals surface area (Å²) in [6.45, 7) is 6.88. The van der Waals surface area contributed by atoms with Crippen LogP contribution in [0.4, 0.5) is 56.9 Å². The number of aromatic nitrogens is 6. The number of rotatable bonds is 19. The highest BCUT2D eigenvalue weighted by atomic mass is 16.7. The molecule has 0 saturated heterocycles. The monoisotopic (exact) mass is 1200 g/mol. The van der Waals surface area contributed by atoms with Crippen molar-refractivity contribution in [1.29, 1.82) is 0 Å². The Bertz CT molecular complexity index is 4880. The van der Waals surface area contributed by atoms with Gasteiger partial charge < -0.3 is 5.73 Å². The number of hydrogen-bond donors (Lipinski definition) is 1. The molecule has 0 unspecified atom stereocenters. The molecule has 40 heteroatoms. The maximum Gasteiger partial charge on any atom is 0.346 e. The Morgan fingerprint density at radius 1 is 0.330 bits per heavy atom. The standard InChI is InChI=1S/C48H22N18O22/c1-19(13-31(61(77)78)20(2)56(67)68)37-38(22-4-9-27(57(69)70)33(15-22)63(81)82)51-44-43(50-37)45-47(55-42(25-7-12-30(60(75)76)36(18-25)66(87)88)41(53-45)24-6-11-29(59(73)74)35(17-24)65(85)86)48-46(44)54-40(23-5-10-28(58(71)72)34(16-23)64(83)84)39(52-48)21-3-8-26(49)32(14-21)62(79)80/h3-18H,1-2,49H2/b31-13+. The minimum Gasteiger partial charge on any atom is -0.393 e. The summed E-state index contributed by atoms with van der Waals surface area (Å²) in [4.78, 5) is 150. The first-order valence-corrected chi connectivity index (χ1v) is 23.4. The molecule has 0 fully saturated rings. The molecule has 40 nitrogen and oxygen atoms in total. The minimum absolute atomic E-state index is 0.310. The summed E-state index contributed by atoms with van der Waals surface area (Å²) < 4.78 is 0. The van der Waals surface area contributed by atoms with Crippen molar-refractivity contribution in [3.8, 4) is 56.3 Å². The fraction of sp³-hybridized carbons (Fsp3) is 0. The van der Waals surface area contributed by atoms with Gasteiger partial charge in [-0.2, -0.15) is 0 Å². The van der Waals surface area contributed by atoms with Gasteiger partial charge >= 0.3 is 56.9 Å². The first kappa shape index (κ1) is 58.4. The van der Waals surface area contributed by atoms with Crippen molar-refractivity contribution in [1.82, 2.24) is 29.9 Å². The molecular formula is C48H22N18O22. The largest absolute Gasteiger partial charge is 0.393 e. The van der Waals surface area contributed by atoms with Gasteiger partial charge in [0.25, 0.3) is 5.69 Å². The second kappa shape index (κ2) is 21.9. The topological polar surface area (TPSA) is 578 Å². The lowest BCUT2D eigenvalue weighted by Crippen LogP contribution is -2.09. The number of anilines is 1. The van der Waals surface area contributed by atoms with E-state index in [1.807, 2.05) is 0 Å². The van der Waals surface area contributed by atoms with Crippen molar-refractivity contribution in [2.24, 2.45) is 0 Å². The van der Waals surface area contributed by atoms with Crippen molar-refractivity contribution >= 4 is 95.5 Å². The van der Waals surface area contributed by atoms with Crippen LogP contribution in [0.15, 0.2) is 122 Å². The summed E-state index contributed by atoms with van der Waals surface area (Å²) in [5.74, 6) is 0. The fourth-order valence-electron chi connectivity index (χ4n) is 8.83. The molecule has 0 amide bonds. The van der Waals surface area contributed by atoms with Crippen molar-refractivity contribution in [2.75, 3.05) is 5.73 Å². The number of allylic oxidation sites excluding steroid dienone is 2. The fourth-order valence-corrected chi connectivity index (χ4v) is 8.83. The predicted octanol–water partition coefficient (Wildman–Crippen LogP) is 9.57. The Morgan fingerprint density at radius 3 is 0.852 bits per heavy atom. The van der Waals surface area contributed by atoms with Gasteiger partial charge in [-0.25, -0.2) is 29.9 Å².